The molecule has 0 radical (unpaired) electrons. The molecule has 90 valence electrons. The van der Waals surface area contributed by atoms with Crippen LogP contribution < -0.4 is 0 Å². The van der Waals surface area contributed by atoms with Crippen LogP contribution in [0.15, 0.2) is 28.7 Å². The van der Waals surface area contributed by atoms with Gasteiger partial charge in [0.1, 0.15) is 12.0 Å². The summed E-state index contributed by atoms with van der Waals surface area (Å²) < 4.78 is 32.4. The van der Waals surface area contributed by atoms with Gasteiger partial charge in [-0.2, -0.15) is 0 Å². The Morgan fingerprint density at radius 2 is 2.06 bits per heavy atom. The van der Waals surface area contributed by atoms with E-state index in [1.54, 1.807) is 12.1 Å². The molecule has 6 heteroatoms. The van der Waals surface area contributed by atoms with Gasteiger partial charge in [0.15, 0.2) is 0 Å². The summed E-state index contributed by atoms with van der Waals surface area (Å²) in [4.78, 5) is 10.4. The van der Waals surface area contributed by atoms with Gasteiger partial charge in [-0.1, -0.05) is 18.2 Å². The van der Waals surface area contributed by atoms with Crippen molar-refractivity contribution in [2.24, 2.45) is 0 Å². The summed E-state index contributed by atoms with van der Waals surface area (Å²) >= 11 is 5.60. The van der Waals surface area contributed by atoms with Crippen LogP contribution in [0, 0.1) is 0 Å². The van der Waals surface area contributed by atoms with Gasteiger partial charge in [0.25, 0.3) is 5.92 Å². The molecule has 0 aliphatic rings. The number of benzene rings is 1. The lowest BCUT2D eigenvalue weighted by Crippen LogP contribution is -2.18. The Labute approximate surface area is 99.6 Å². The van der Waals surface area contributed by atoms with E-state index in [9.17, 15) is 13.6 Å². The number of halogens is 3. The second-order valence-electron chi connectivity index (χ2n) is 3.52. The number of para-hydroxylation sites is 1. The number of hydrogen-bond acceptors (Lipinski definition) is 2. The molecule has 0 atom stereocenters. The average molecular weight is 261 g/mol. The minimum Gasteiger partial charge on any atom is -0.481 e. The van der Waals surface area contributed by atoms with Crippen molar-refractivity contribution in [1.29, 1.82) is 0 Å². The van der Waals surface area contributed by atoms with Crippen LogP contribution in [-0.4, -0.2) is 11.1 Å². The molecule has 0 amide bonds. The third kappa shape index (κ3) is 2.10. The van der Waals surface area contributed by atoms with Crippen LogP contribution in [0.4, 0.5) is 8.78 Å². The van der Waals surface area contributed by atoms with Gasteiger partial charge in [0, 0.05) is 5.39 Å². The predicted molar refractivity (Wildman–Crippen MR) is 57.4 cm³/mol. The van der Waals surface area contributed by atoms with E-state index >= 15 is 0 Å². The van der Waals surface area contributed by atoms with Gasteiger partial charge in [-0.3, -0.25) is 4.79 Å². The zero-order valence-corrected chi connectivity index (χ0v) is 9.17. The van der Waals surface area contributed by atoms with E-state index in [0.29, 0.717) is 0 Å². The van der Waals surface area contributed by atoms with E-state index in [0.717, 1.165) is 0 Å². The van der Waals surface area contributed by atoms with Crippen LogP contribution in [0.5, 0.6) is 0 Å². The molecule has 1 aromatic carbocycles. The Morgan fingerprint density at radius 1 is 1.41 bits per heavy atom. The summed E-state index contributed by atoms with van der Waals surface area (Å²) in [6.45, 7) is 0. The maximum Gasteiger partial charge on any atom is 0.309 e. The summed E-state index contributed by atoms with van der Waals surface area (Å²) in [5, 5.41) is 8.11. The van der Waals surface area contributed by atoms with E-state index in [4.69, 9.17) is 21.1 Å². The van der Waals surface area contributed by atoms with Crippen LogP contribution in [0.2, 0.25) is 5.22 Å². The van der Waals surface area contributed by atoms with Crippen molar-refractivity contribution < 1.29 is 23.1 Å². The van der Waals surface area contributed by atoms with Crippen LogP contribution in [0.25, 0.3) is 11.0 Å². The highest BCUT2D eigenvalue weighted by atomic mass is 35.5. The predicted octanol–water partition coefficient (Wildman–Crippen LogP) is 3.65. The van der Waals surface area contributed by atoms with Crippen molar-refractivity contribution in [3.8, 4) is 0 Å². The lowest BCUT2D eigenvalue weighted by Gasteiger charge is -2.12. The van der Waals surface area contributed by atoms with E-state index in [1.165, 1.54) is 12.1 Å². The molecule has 0 spiro atoms. The molecule has 3 nitrogen and oxygen atoms in total. The number of furan rings is 1. The van der Waals surface area contributed by atoms with E-state index in [-0.39, 0.29) is 11.0 Å². The lowest BCUT2D eigenvalue weighted by molar-refractivity contribution is -0.145. The fourth-order valence-corrected chi connectivity index (χ4v) is 1.96. The Balaban J connectivity index is 2.61. The molecule has 2 rings (SSSR count). The molecule has 0 saturated heterocycles. The third-order valence-electron chi connectivity index (χ3n) is 2.29. The fraction of sp³-hybridized carbons (Fsp3) is 0.182. The van der Waals surface area contributed by atoms with Gasteiger partial charge < -0.3 is 9.52 Å². The number of fused-ring (bicyclic) bond motifs is 1. The van der Waals surface area contributed by atoms with Gasteiger partial charge in [-0.05, 0) is 17.7 Å². The van der Waals surface area contributed by atoms with E-state index in [2.05, 4.69) is 0 Å². The first-order valence-electron chi connectivity index (χ1n) is 4.69. The van der Waals surface area contributed by atoms with Gasteiger partial charge in [-0.25, -0.2) is 8.78 Å². The molecule has 0 bridgehead atoms. The van der Waals surface area contributed by atoms with Crippen LogP contribution >= 0.6 is 11.6 Å². The molecule has 0 fully saturated rings. The molecule has 0 aliphatic carbocycles. The van der Waals surface area contributed by atoms with Crippen molar-refractivity contribution in [2.45, 2.75) is 12.3 Å². The van der Waals surface area contributed by atoms with Crippen LogP contribution in [-0.2, 0) is 10.7 Å². The van der Waals surface area contributed by atoms with Gasteiger partial charge in [0.05, 0.1) is 5.56 Å². The summed E-state index contributed by atoms with van der Waals surface area (Å²) in [7, 11) is 0. The minimum atomic E-state index is -3.56. The molecular formula is C11H7ClF2O3. The molecule has 1 aromatic heterocycles. The Bertz CT molecular complexity index is 577. The van der Waals surface area contributed by atoms with Crippen LogP contribution in [0.1, 0.15) is 12.0 Å². The standard InChI is InChI=1S/C11H7ClF2O3/c12-10-9(11(13,14)5-8(15)16)6-3-1-2-4-7(6)17-10/h1-4H,5H2,(H,15,16). The van der Waals surface area contributed by atoms with E-state index < -0.39 is 29.1 Å². The van der Waals surface area contributed by atoms with Gasteiger partial charge in [0.2, 0.25) is 5.22 Å². The topological polar surface area (TPSA) is 50.4 Å². The summed E-state index contributed by atoms with van der Waals surface area (Å²) in [6.07, 6.45) is -1.32. The Morgan fingerprint density at radius 3 is 2.71 bits per heavy atom. The smallest absolute Gasteiger partial charge is 0.309 e. The molecule has 1 N–H and O–H groups in total. The monoisotopic (exact) mass is 260 g/mol. The number of carboxylic acid groups (broad SMARTS) is 1. The number of carbonyl (C=O) groups is 1. The fourth-order valence-electron chi connectivity index (χ4n) is 1.63. The molecule has 17 heavy (non-hydrogen) atoms. The van der Waals surface area contributed by atoms with Gasteiger partial charge in [-0.15, -0.1) is 0 Å². The Kier molecular flexibility index (Phi) is 2.79. The second-order valence-corrected chi connectivity index (χ2v) is 3.87. The maximum atomic E-state index is 13.7. The SMILES string of the molecule is O=C(O)CC(F)(F)c1c(Cl)oc2ccccc12. The summed E-state index contributed by atoms with van der Waals surface area (Å²) in [5.74, 6) is -5.16. The number of carboxylic acids is 1. The normalized spacial score (nSPS) is 11.9. The number of hydrogen-bond donors (Lipinski definition) is 1. The molecule has 0 saturated carbocycles. The van der Waals surface area contributed by atoms with Crippen molar-refractivity contribution in [3.63, 3.8) is 0 Å². The largest absolute Gasteiger partial charge is 0.481 e. The summed E-state index contributed by atoms with van der Waals surface area (Å²) in [5.41, 5.74) is -0.366. The second kappa shape index (κ2) is 4.00. The van der Waals surface area contributed by atoms with Crippen molar-refractivity contribution >= 4 is 28.5 Å². The van der Waals surface area contributed by atoms with Crippen molar-refractivity contribution in [3.05, 3.63) is 35.0 Å². The molecule has 1 heterocycles. The van der Waals surface area contributed by atoms with Crippen LogP contribution in [0.3, 0.4) is 0 Å². The zero-order chi connectivity index (χ0) is 12.6. The highest BCUT2D eigenvalue weighted by molar-refractivity contribution is 6.31. The highest BCUT2D eigenvalue weighted by Crippen LogP contribution is 2.42. The van der Waals surface area contributed by atoms with E-state index in [1.807, 2.05) is 0 Å². The number of alkyl halides is 2. The first-order valence-corrected chi connectivity index (χ1v) is 5.07. The van der Waals surface area contributed by atoms with Gasteiger partial charge >= 0.3 is 5.97 Å². The first kappa shape index (κ1) is 11.9. The highest BCUT2D eigenvalue weighted by Gasteiger charge is 2.40. The van der Waals surface area contributed by atoms with Crippen molar-refractivity contribution in [2.75, 3.05) is 0 Å². The number of aliphatic carboxylic acids is 1. The average Bonchev–Trinajstić information content (AvgIpc) is 2.51. The number of rotatable bonds is 3. The molecular weight excluding hydrogens is 254 g/mol. The first-order chi connectivity index (χ1) is 7.92. The Hall–Kier alpha value is -1.62. The molecule has 0 aliphatic heterocycles. The quantitative estimate of drug-likeness (QED) is 0.916. The molecule has 0 unspecified atom stereocenters. The zero-order valence-electron chi connectivity index (χ0n) is 8.41. The minimum absolute atomic E-state index is 0.128. The maximum absolute atomic E-state index is 13.7. The molecule has 2 aromatic rings. The lowest BCUT2D eigenvalue weighted by atomic mass is 10.0. The third-order valence-corrected chi connectivity index (χ3v) is 2.56. The van der Waals surface area contributed by atoms with Crippen molar-refractivity contribution in [1.82, 2.24) is 0 Å². The summed E-state index contributed by atoms with van der Waals surface area (Å²) in [6, 6.07) is 6.06.